The van der Waals surface area contributed by atoms with Gasteiger partial charge in [-0.25, -0.2) is 15.3 Å². The Morgan fingerprint density at radius 2 is 2.12 bits per heavy atom. The van der Waals surface area contributed by atoms with Gasteiger partial charge in [-0.15, -0.1) is 0 Å². The van der Waals surface area contributed by atoms with Crippen LogP contribution in [0, 0.1) is 0 Å². The van der Waals surface area contributed by atoms with Gasteiger partial charge in [0, 0.05) is 64.6 Å². The monoisotopic (exact) mass is 466 g/mol. The van der Waals surface area contributed by atoms with Gasteiger partial charge in [0.05, 0.1) is 18.1 Å². The molecule has 34 heavy (non-hydrogen) atoms. The second kappa shape index (κ2) is 11.9. The summed E-state index contributed by atoms with van der Waals surface area (Å²) in [7, 11) is 4.16. The molecular formula is C25H34N6O3. The molecule has 2 saturated heterocycles. The van der Waals surface area contributed by atoms with E-state index in [-0.39, 0.29) is 12.2 Å². The maximum Gasteiger partial charge on any atom is 0.267 e. The molecule has 1 amide bonds. The van der Waals surface area contributed by atoms with Gasteiger partial charge in [0.2, 0.25) is 0 Å². The average Bonchev–Trinajstić information content (AvgIpc) is 3.29. The topological polar surface area (TPSA) is 91.9 Å². The highest BCUT2D eigenvalue weighted by atomic mass is 16.8. The van der Waals surface area contributed by atoms with Gasteiger partial charge < -0.3 is 15.0 Å². The third kappa shape index (κ3) is 6.99. The Bertz CT molecular complexity index is 959. The third-order valence-electron chi connectivity index (χ3n) is 6.00. The van der Waals surface area contributed by atoms with E-state index in [1.165, 1.54) is 17.3 Å². The number of hydroxylamine groups is 1. The molecule has 2 atom stereocenters. The summed E-state index contributed by atoms with van der Waals surface area (Å²) in [6.45, 7) is 3.59. The lowest BCUT2D eigenvalue weighted by Gasteiger charge is -2.22. The Balaban J connectivity index is 1.21. The summed E-state index contributed by atoms with van der Waals surface area (Å²) in [4.78, 5) is 30.7. The van der Waals surface area contributed by atoms with E-state index in [2.05, 4.69) is 68.9 Å². The van der Waals surface area contributed by atoms with Gasteiger partial charge in [-0.1, -0.05) is 18.2 Å². The molecule has 1 aromatic heterocycles. The highest BCUT2D eigenvalue weighted by Crippen LogP contribution is 2.23. The Morgan fingerprint density at radius 1 is 1.24 bits per heavy atom. The summed E-state index contributed by atoms with van der Waals surface area (Å²) in [5.41, 5.74) is 5.59. The number of nitrogens with zero attached hydrogens (tertiary/aromatic N) is 4. The summed E-state index contributed by atoms with van der Waals surface area (Å²) >= 11 is 0. The number of benzene rings is 1. The predicted molar refractivity (Wildman–Crippen MR) is 132 cm³/mol. The SMILES string of the molecule is CN(C)c1ccccc1CN1CC[C@@H](Nc2cnc(/C=C/C(=O)NOC3CCCCO3)cn2)C1. The van der Waals surface area contributed by atoms with E-state index in [1.807, 2.05) is 0 Å². The minimum absolute atomic E-state index is 0.326. The van der Waals surface area contributed by atoms with Crippen molar-refractivity contribution in [2.24, 2.45) is 0 Å². The maximum atomic E-state index is 11.9. The Labute approximate surface area is 201 Å². The second-order valence-electron chi connectivity index (χ2n) is 8.93. The first-order valence-corrected chi connectivity index (χ1v) is 11.9. The molecule has 1 unspecified atom stereocenters. The maximum absolute atomic E-state index is 11.9. The van der Waals surface area contributed by atoms with Gasteiger partial charge in [-0.3, -0.25) is 14.7 Å². The fourth-order valence-corrected chi connectivity index (χ4v) is 4.25. The van der Waals surface area contributed by atoms with Crippen LogP contribution in [0.25, 0.3) is 6.08 Å². The van der Waals surface area contributed by atoms with Gasteiger partial charge in [-0.05, 0) is 37.0 Å². The molecule has 2 aliphatic rings. The van der Waals surface area contributed by atoms with Crippen LogP contribution in [0.2, 0.25) is 0 Å². The number of hydrogen-bond acceptors (Lipinski definition) is 8. The minimum atomic E-state index is -0.370. The van der Waals surface area contributed by atoms with E-state index < -0.39 is 0 Å². The molecule has 0 spiro atoms. The number of likely N-dealkylation sites (tertiary alicyclic amines) is 1. The van der Waals surface area contributed by atoms with Crippen LogP contribution in [0.5, 0.6) is 0 Å². The molecule has 2 aliphatic heterocycles. The van der Waals surface area contributed by atoms with Crippen molar-refractivity contribution in [3.05, 3.63) is 54.0 Å². The first kappa shape index (κ1) is 24.1. The van der Waals surface area contributed by atoms with Crippen LogP contribution in [0.15, 0.2) is 42.7 Å². The van der Waals surface area contributed by atoms with Crippen LogP contribution in [0.4, 0.5) is 11.5 Å². The minimum Gasteiger partial charge on any atom is -0.377 e. The van der Waals surface area contributed by atoms with Crippen molar-refractivity contribution in [2.45, 2.75) is 44.6 Å². The normalized spacial score (nSPS) is 21.0. The van der Waals surface area contributed by atoms with Crippen LogP contribution in [-0.2, 0) is 20.9 Å². The molecule has 1 aromatic carbocycles. The summed E-state index contributed by atoms with van der Waals surface area (Å²) < 4.78 is 5.41. The zero-order chi connectivity index (χ0) is 23.8. The van der Waals surface area contributed by atoms with Gasteiger partial charge >= 0.3 is 0 Å². The molecule has 2 fully saturated rings. The van der Waals surface area contributed by atoms with Gasteiger partial charge in [0.25, 0.3) is 5.91 Å². The molecule has 9 nitrogen and oxygen atoms in total. The fourth-order valence-electron chi connectivity index (χ4n) is 4.25. The number of hydrogen-bond donors (Lipinski definition) is 2. The summed E-state index contributed by atoms with van der Waals surface area (Å²) in [6, 6.07) is 8.87. The van der Waals surface area contributed by atoms with Crippen molar-refractivity contribution in [1.82, 2.24) is 20.3 Å². The Morgan fingerprint density at radius 3 is 2.88 bits per heavy atom. The van der Waals surface area contributed by atoms with Crippen LogP contribution < -0.4 is 15.7 Å². The second-order valence-corrected chi connectivity index (χ2v) is 8.93. The van der Waals surface area contributed by atoms with E-state index in [1.54, 1.807) is 18.5 Å². The zero-order valence-corrected chi connectivity index (χ0v) is 19.9. The molecule has 0 bridgehead atoms. The van der Waals surface area contributed by atoms with E-state index in [0.717, 1.165) is 51.1 Å². The van der Waals surface area contributed by atoms with Crippen molar-refractivity contribution >= 4 is 23.5 Å². The molecule has 0 radical (unpaired) electrons. The van der Waals surface area contributed by atoms with E-state index in [9.17, 15) is 4.79 Å². The average molecular weight is 467 g/mol. The van der Waals surface area contributed by atoms with E-state index >= 15 is 0 Å². The van der Waals surface area contributed by atoms with E-state index in [4.69, 9.17) is 9.57 Å². The van der Waals surface area contributed by atoms with Crippen molar-refractivity contribution in [3.63, 3.8) is 0 Å². The fraction of sp³-hybridized carbons (Fsp3) is 0.480. The number of carbonyl (C=O) groups is 1. The summed E-state index contributed by atoms with van der Waals surface area (Å²) in [6.07, 6.45) is 9.87. The highest BCUT2D eigenvalue weighted by Gasteiger charge is 2.23. The molecule has 182 valence electrons. The Hall–Kier alpha value is -3.01. The number of nitrogens with one attached hydrogen (secondary N) is 2. The lowest BCUT2D eigenvalue weighted by molar-refractivity contribution is -0.198. The van der Waals surface area contributed by atoms with Crippen LogP contribution >= 0.6 is 0 Å². The van der Waals surface area contributed by atoms with Gasteiger partial charge in [0.15, 0.2) is 6.29 Å². The van der Waals surface area contributed by atoms with Crippen molar-refractivity contribution in [1.29, 1.82) is 0 Å². The third-order valence-corrected chi connectivity index (χ3v) is 6.00. The zero-order valence-electron chi connectivity index (χ0n) is 19.9. The molecular weight excluding hydrogens is 432 g/mol. The summed E-state index contributed by atoms with van der Waals surface area (Å²) in [5, 5.41) is 3.48. The Kier molecular flexibility index (Phi) is 8.46. The number of rotatable bonds is 9. The van der Waals surface area contributed by atoms with Gasteiger partial charge in [-0.2, -0.15) is 0 Å². The van der Waals surface area contributed by atoms with Crippen molar-refractivity contribution in [2.75, 3.05) is 44.0 Å². The molecule has 3 heterocycles. The smallest absolute Gasteiger partial charge is 0.267 e. The molecule has 2 aromatic rings. The van der Waals surface area contributed by atoms with E-state index in [0.29, 0.717) is 18.3 Å². The lowest BCUT2D eigenvalue weighted by Crippen LogP contribution is -2.32. The number of aromatic nitrogens is 2. The number of anilines is 2. The highest BCUT2D eigenvalue weighted by molar-refractivity contribution is 5.90. The van der Waals surface area contributed by atoms with Crippen LogP contribution in [0.3, 0.4) is 0 Å². The number of para-hydroxylation sites is 1. The first-order chi connectivity index (χ1) is 16.6. The van der Waals surface area contributed by atoms with Crippen LogP contribution in [-0.4, -0.2) is 66.9 Å². The molecule has 2 N–H and O–H groups in total. The van der Waals surface area contributed by atoms with Crippen LogP contribution in [0.1, 0.15) is 36.9 Å². The van der Waals surface area contributed by atoms with Gasteiger partial charge in [0.1, 0.15) is 5.82 Å². The molecule has 0 saturated carbocycles. The molecule has 0 aliphatic carbocycles. The number of carbonyl (C=O) groups excluding carboxylic acids is 1. The van der Waals surface area contributed by atoms with Crippen molar-refractivity contribution in [3.8, 4) is 0 Å². The largest absolute Gasteiger partial charge is 0.377 e. The molecule has 4 rings (SSSR count). The summed E-state index contributed by atoms with van der Waals surface area (Å²) in [5.74, 6) is 0.375. The molecule has 9 heteroatoms. The first-order valence-electron chi connectivity index (χ1n) is 11.9. The number of amides is 1. The predicted octanol–water partition coefficient (Wildman–Crippen LogP) is 2.82. The van der Waals surface area contributed by atoms with Crippen molar-refractivity contribution < 1.29 is 14.4 Å². The quantitative estimate of drug-likeness (QED) is 0.431. The standard InChI is InChI=1S/C25H34N6O3/c1-30(2)22-8-4-3-7-19(22)17-31-13-12-21(18-31)28-23-16-26-20(15-27-23)10-11-24(32)29-34-25-9-5-6-14-33-25/h3-4,7-8,10-11,15-16,21,25H,5-6,9,12-14,17-18H2,1-2H3,(H,27,28)(H,29,32)/b11-10+/t21-,25?/m1/s1. The number of ether oxygens (including phenoxy) is 1. The lowest BCUT2D eigenvalue weighted by atomic mass is 10.1.